The lowest BCUT2D eigenvalue weighted by atomic mass is 10.3. The molecule has 0 aliphatic carbocycles. The number of benzene rings is 1. The van der Waals surface area contributed by atoms with Crippen molar-refractivity contribution in [3.05, 3.63) is 60.2 Å². The zero-order chi connectivity index (χ0) is 15.6. The molecule has 0 fully saturated rings. The lowest BCUT2D eigenvalue weighted by molar-refractivity contribution is -0.387. The highest BCUT2D eigenvalue weighted by Crippen LogP contribution is 2.36. The Morgan fingerprint density at radius 3 is 2.43 bits per heavy atom. The zero-order valence-electron chi connectivity index (χ0n) is 10.0. The van der Waals surface area contributed by atoms with E-state index in [1.165, 1.54) is 24.4 Å². The van der Waals surface area contributed by atoms with Gasteiger partial charge >= 0.3 is 11.4 Å². The van der Waals surface area contributed by atoms with E-state index in [-0.39, 0.29) is 16.7 Å². The van der Waals surface area contributed by atoms with E-state index in [0.717, 1.165) is 6.07 Å². The molecule has 0 N–H and O–H groups in total. The zero-order valence-corrected chi connectivity index (χ0v) is 12.4. The number of nitro benzene ring substituents is 1. The topological polar surface area (TPSA) is 108 Å². The summed E-state index contributed by atoms with van der Waals surface area (Å²) in [6, 6.07) is 4.88. The molecule has 8 nitrogen and oxygen atoms in total. The number of halogens is 2. The molecule has 108 valence electrons. The van der Waals surface area contributed by atoms with Gasteiger partial charge in [0, 0.05) is 27.8 Å². The smallest absolute Gasteiger partial charge is 0.332 e. The second-order valence-corrected chi connectivity index (χ2v) is 5.06. The van der Waals surface area contributed by atoms with E-state index >= 15 is 0 Å². The van der Waals surface area contributed by atoms with Crippen molar-refractivity contribution in [2.45, 2.75) is 0 Å². The lowest BCUT2D eigenvalue weighted by Gasteiger charge is -2.06. The average Bonchev–Trinajstić information content (AvgIpc) is 2.42. The largest absolute Gasteiger partial charge is 0.426 e. The van der Waals surface area contributed by atoms with Gasteiger partial charge in [-0.2, -0.15) is 0 Å². The minimum atomic E-state index is -0.702. The van der Waals surface area contributed by atoms with Crippen molar-refractivity contribution in [2.75, 3.05) is 0 Å². The van der Waals surface area contributed by atoms with E-state index in [1.54, 1.807) is 0 Å². The molecule has 0 spiro atoms. The van der Waals surface area contributed by atoms with Gasteiger partial charge in [0.05, 0.1) is 9.85 Å². The maximum atomic E-state index is 10.9. The van der Waals surface area contributed by atoms with Gasteiger partial charge in [0.1, 0.15) is 0 Å². The second kappa shape index (κ2) is 6.02. The number of aromatic nitrogens is 1. The summed E-state index contributed by atoms with van der Waals surface area (Å²) in [5.41, 5.74) is -0.838. The van der Waals surface area contributed by atoms with Crippen LogP contribution < -0.4 is 4.74 Å². The van der Waals surface area contributed by atoms with E-state index in [4.69, 9.17) is 16.3 Å². The maximum absolute atomic E-state index is 10.9. The van der Waals surface area contributed by atoms with E-state index < -0.39 is 21.2 Å². The molecule has 10 heteroatoms. The Balaban J connectivity index is 2.48. The Hall–Kier alpha value is -2.26. The lowest BCUT2D eigenvalue weighted by Crippen LogP contribution is -1.98. The minimum absolute atomic E-state index is 0.146. The molecule has 2 rings (SSSR count). The molecule has 21 heavy (non-hydrogen) atoms. The molecule has 1 aromatic heterocycles. The SMILES string of the molecule is O=[N+]([O-])c1cc(Cl)ccc1Oc1ncc(Br)cc1[N+](=O)[O-]. The highest BCUT2D eigenvalue weighted by atomic mass is 79.9. The number of hydrogen-bond acceptors (Lipinski definition) is 6. The van der Waals surface area contributed by atoms with Crippen LogP contribution in [0.25, 0.3) is 0 Å². The van der Waals surface area contributed by atoms with Crippen LogP contribution in [-0.2, 0) is 0 Å². The van der Waals surface area contributed by atoms with Gasteiger partial charge in [0.15, 0.2) is 0 Å². The van der Waals surface area contributed by atoms with Crippen molar-refractivity contribution < 1.29 is 14.6 Å². The summed E-state index contributed by atoms with van der Waals surface area (Å²) in [6.45, 7) is 0. The predicted octanol–water partition coefficient (Wildman–Crippen LogP) is 4.11. The Kier molecular flexibility index (Phi) is 4.34. The first-order valence-electron chi connectivity index (χ1n) is 5.30. The first-order chi connectivity index (χ1) is 9.88. The van der Waals surface area contributed by atoms with Crippen molar-refractivity contribution in [1.29, 1.82) is 0 Å². The summed E-state index contributed by atoms with van der Waals surface area (Å²) in [5.74, 6) is -0.545. The number of nitro groups is 2. The fraction of sp³-hybridized carbons (Fsp3) is 0. The van der Waals surface area contributed by atoms with Crippen molar-refractivity contribution in [1.82, 2.24) is 4.98 Å². The number of hydrogen-bond donors (Lipinski definition) is 0. The Morgan fingerprint density at radius 1 is 1.14 bits per heavy atom. The van der Waals surface area contributed by atoms with E-state index in [9.17, 15) is 20.2 Å². The fourth-order valence-corrected chi connectivity index (χ4v) is 1.93. The van der Waals surface area contributed by atoms with Crippen LogP contribution in [0, 0.1) is 20.2 Å². The molecule has 0 aliphatic heterocycles. The standard InChI is InChI=1S/C11H5BrClN3O5/c12-6-3-9(16(19)20)11(14-5-6)21-10-2-1-7(13)4-8(10)15(17)18/h1-5H. The van der Waals surface area contributed by atoms with Crippen LogP contribution in [0.15, 0.2) is 34.9 Å². The van der Waals surface area contributed by atoms with Crippen molar-refractivity contribution in [2.24, 2.45) is 0 Å². The molecule has 1 aromatic carbocycles. The summed E-state index contributed by atoms with van der Waals surface area (Å²) < 4.78 is 5.58. The van der Waals surface area contributed by atoms with E-state index in [0.29, 0.717) is 4.47 Å². The van der Waals surface area contributed by atoms with Gasteiger partial charge in [-0.15, -0.1) is 0 Å². The minimum Gasteiger partial charge on any atom is -0.426 e. The van der Waals surface area contributed by atoms with Crippen LogP contribution in [0.2, 0.25) is 5.02 Å². The summed E-state index contributed by atoms with van der Waals surface area (Å²) in [5, 5.41) is 22.0. The molecule has 0 radical (unpaired) electrons. The third-order valence-corrected chi connectivity index (χ3v) is 2.99. The molecule has 0 amide bonds. The molecule has 0 unspecified atom stereocenters. The third kappa shape index (κ3) is 3.44. The predicted molar refractivity (Wildman–Crippen MR) is 76.8 cm³/mol. The van der Waals surface area contributed by atoms with Crippen LogP contribution in [0.5, 0.6) is 11.6 Å². The number of pyridine rings is 1. The monoisotopic (exact) mass is 373 g/mol. The van der Waals surface area contributed by atoms with Crippen LogP contribution in [0.1, 0.15) is 0 Å². The fourth-order valence-electron chi connectivity index (χ4n) is 1.45. The molecule has 0 atom stereocenters. The highest BCUT2D eigenvalue weighted by Gasteiger charge is 2.23. The Labute approximate surface area is 130 Å². The quantitative estimate of drug-likeness (QED) is 0.588. The molecule has 1 heterocycles. The number of rotatable bonds is 4. The van der Waals surface area contributed by atoms with Gasteiger partial charge in [-0.25, -0.2) is 4.98 Å². The Morgan fingerprint density at radius 2 is 1.81 bits per heavy atom. The highest BCUT2D eigenvalue weighted by molar-refractivity contribution is 9.10. The third-order valence-electron chi connectivity index (χ3n) is 2.32. The van der Waals surface area contributed by atoms with Crippen LogP contribution in [0.3, 0.4) is 0 Å². The molecule has 0 aliphatic rings. The van der Waals surface area contributed by atoms with Crippen molar-refractivity contribution in [3.63, 3.8) is 0 Å². The van der Waals surface area contributed by atoms with Crippen LogP contribution in [0.4, 0.5) is 11.4 Å². The van der Waals surface area contributed by atoms with E-state index in [2.05, 4.69) is 20.9 Å². The van der Waals surface area contributed by atoms with Gasteiger partial charge in [0.2, 0.25) is 5.75 Å². The molecular formula is C11H5BrClN3O5. The number of nitrogens with zero attached hydrogens (tertiary/aromatic N) is 3. The van der Waals surface area contributed by atoms with Gasteiger partial charge in [0.25, 0.3) is 5.88 Å². The average molecular weight is 375 g/mol. The summed E-state index contributed by atoms with van der Waals surface area (Å²) in [7, 11) is 0. The van der Waals surface area contributed by atoms with Gasteiger partial charge in [-0.1, -0.05) is 11.6 Å². The normalized spacial score (nSPS) is 10.2. The molecule has 0 bridgehead atoms. The van der Waals surface area contributed by atoms with Crippen LogP contribution in [-0.4, -0.2) is 14.8 Å². The number of ether oxygens (including phenoxy) is 1. The molecule has 0 saturated carbocycles. The second-order valence-electron chi connectivity index (χ2n) is 3.71. The molecule has 2 aromatic rings. The Bertz CT molecular complexity index is 678. The van der Waals surface area contributed by atoms with Gasteiger partial charge in [-0.3, -0.25) is 20.2 Å². The first-order valence-corrected chi connectivity index (χ1v) is 6.47. The summed E-state index contributed by atoms with van der Waals surface area (Å²) in [4.78, 5) is 24.2. The maximum Gasteiger partial charge on any atom is 0.332 e. The first kappa shape index (κ1) is 15.1. The summed E-state index contributed by atoms with van der Waals surface area (Å²) in [6.07, 6.45) is 1.28. The van der Waals surface area contributed by atoms with Crippen molar-refractivity contribution in [3.8, 4) is 11.6 Å². The van der Waals surface area contributed by atoms with Gasteiger partial charge < -0.3 is 4.74 Å². The van der Waals surface area contributed by atoms with Gasteiger partial charge in [-0.05, 0) is 28.1 Å². The van der Waals surface area contributed by atoms with E-state index in [1.807, 2.05) is 0 Å². The molecule has 0 saturated heterocycles. The van der Waals surface area contributed by atoms with Crippen LogP contribution >= 0.6 is 27.5 Å². The van der Waals surface area contributed by atoms with Crippen molar-refractivity contribution >= 4 is 38.9 Å². The molecular weight excluding hydrogens is 369 g/mol. The summed E-state index contributed by atoms with van der Waals surface area (Å²) >= 11 is 8.73.